The molecule has 0 aromatic heterocycles. The molecule has 2 aliphatic rings. The Morgan fingerprint density at radius 2 is 1.59 bits per heavy atom. The predicted octanol–water partition coefficient (Wildman–Crippen LogP) is 2.93. The molecular weight excluding hydrogens is 362 g/mol. The average Bonchev–Trinajstić information content (AvgIpc) is 2.69. The highest BCUT2D eigenvalue weighted by molar-refractivity contribution is 5.27. The summed E-state index contributed by atoms with van der Waals surface area (Å²) >= 11 is 0. The van der Waals surface area contributed by atoms with Crippen LogP contribution in [0, 0.1) is 11.3 Å². The third-order valence-corrected chi connectivity index (χ3v) is 6.65. The maximum Gasteiger partial charge on any atom is 0.119 e. The van der Waals surface area contributed by atoms with Gasteiger partial charge in [0.05, 0.1) is 0 Å². The molecule has 2 fully saturated rings. The molecule has 1 unspecified atom stereocenters. The van der Waals surface area contributed by atoms with E-state index < -0.39 is 6.10 Å². The van der Waals surface area contributed by atoms with Gasteiger partial charge < -0.3 is 14.7 Å². The Morgan fingerprint density at radius 1 is 0.966 bits per heavy atom. The Hall–Kier alpha value is -1.14. The van der Waals surface area contributed by atoms with Gasteiger partial charge in [-0.3, -0.25) is 9.80 Å². The summed E-state index contributed by atoms with van der Waals surface area (Å²) in [5.41, 5.74) is 1.77. The number of likely N-dealkylation sites (tertiary alicyclic amines) is 1. The van der Waals surface area contributed by atoms with Crippen molar-refractivity contribution < 1.29 is 9.84 Å². The minimum absolute atomic E-state index is 0.353. The first-order chi connectivity index (χ1) is 13.8. The van der Waals surface area contributed by atoms with Gasteiger partial charge in [-0.1, -0.05) is 32.9 Å². The standard InChI is InChI=1S/C24H41N3O2/c1-24(2,3)21-9-11-26(12-10-21)17-20-5-7-23(8-6-20)29-19-22(28)18-27-15-13-25(4)14-16-27/h5-8,21-22,28H,9-19H2,1-4H3. The zero-order chi connectivity index (χ0) is 20.9. The molecule has 0 bridgehead atoms. The van der Waals surface area contributed by atoms with E-state index in [-0.39, 0.29) is 0 Å². The average molecular weight is 404 g/mol. The largest absolute Gasteiger partial charge is 0.491 e. The van der Waals surface area contributed by atoms with Gasteiger partial charge in [0.15, 0.2) is 0 Å². The monoisotopic (exact) mass is 403 g/mol. The van der Waals surface area contributed by atoms with Crippen LogP contribution in [-0.4, -0.2) is 85.4 Å². The van der Waals surface area contributed by atoms with E-state index >= 15 is 0 Å². The van der Waals surface area contributed by atoms with Crippen molar-refractivity contribution in [2.24, 2.45) is 11.3 Å². The number of hydrogen-bond acceptors (Lipinski definition) is 5. The molecule has 1 N–H and O–H groups in total. The molecule has 164 valence electrons. The second kappa shape index (κ2) is 10.3. The van der Waals surface area contributed by atoms with Gasteiger partial charge in [-0.15, -0.1) is 0 Å². The smallest absolute Gasteiger partial charge is 0.119 e. The Labute approximate surface area is 177 Å². The molecular formula is C24H41N3O2. The Kier molecular flexibility index (Phi) is 7.97. The number of hydrogen-bond donors (Lipinski definition) is 1. The van der Waals surface area contributed by atoms with E-state index in [9.17, 15) is 5.11 Å². The molecule has 2 heterocycles. The summed E-state index contributed by atoms with van der Waals surface area (Å²) in [6.07, 6.45) is 2.16. The van der Waals surface area contributed by atoms with Gasteiger partial charge in [0.1, 0.15) is 18.5 Å². The van der Waals surface area contributed by atoms with E-state index in [4.69, 9.17) is 4.74 Å². The molecule has 3 rings (SSSR count). The zero-order valence-corrected chi connectivity index (χ0v) is 18.9. The number of piperidine rings is 1. The van der Waals surface area contributed by atoms with Crippen molar-refractivity contribution in [2.75, 3.05) is 59.5 Å². The lowest BCUT2D eigenvalue weighted by Gasteiger charge is -2.38. The number of rotatable bonds is 7. The van der Waals surface area contributed by atoms with Gasteiger partial charge >= 0.3 is 0 Å². The third-order valence-electron chi connectivity index (χ3n) is 6.65. The number of ether oxygens (including phenoxy) is 1. The molecule has 0 amide bonds. The van der Waals surface area contributed by atoms with Crippen molar-refractivity contribution >= 4 is 0 Å². The van der Waals surface area contributed by atoms with E-state index in [1.165, 1.54) is 31.5 Å². The van der Waals surface area contributed by atoms with E-state index in [0.717, 1.165) is 44.4 Å². The van der Waals surface area contributed by atoms with Crippen LogP contribution < -0.4 is 4.74 Å². The quantitative estimate of drug-likeness (QED) is 0.758. The molecule has 0 spiro atoms. The van der Waals surface area contributed by atoms with Gasteiger partial charge in [-0.05, 0) is 62.0 Å². The maximum atomic E-state index is 10.3. The summed E-state index contributed by atoms with van der Waals surface area (Å²) < 4.78 is 5.83. The Bertz CT molecular complexity index is 598. The van der Waals surface area contributed by atoms with Crippen LogP contribution in [0.2, 0.25) is 0 Å². The lowest BCUT2D eigenvalue weighted by Crippen LogP contribution is -2.47. The molecule has 0 aliphatic carbocycles. The van der Waals surface area contributed by atoms with Crippen molar-refractivity contribution in [3.05, 3.63) is 29.8 Å². The fraction of sp³-hybridized carbons (Fsp3) is 0.750. The number of piperazine rings is 1. The summed E-state index contributed by atoms with van der Waals surface area (Å²) in [5, 5.41) is 10.3. The minimum atomic E-state index is -0.442. The van der Waals surface area contributed by atoms with E-state index in [0.29, 0.717) is 18.6 Å². The highest BCUT2D eigenvalue weighted by Crippen LogP contribution is 2.34. The molecule has 0 saturated carbocycles. The van der Waals surface area contributed by atoms with Crippen LogP contribution in [0.1, 0.15) is 39.2 Å². The summed E-state index contributed by atoms with van der Waals surface area (Å²) in [7, 11) is 2.15. The van der Waals surface area contributed by atoms with Gasteiger partial charge in [-0.2, -0.15) is 0 Å². The molecule has 5 nitrogen and oxygen atoms in total. The molecule has 1 aromatic carbocycles. The molecule has 2 saturated heterocycles. The molecule has 0 radical (unpaired) electrons. The van der Waals surface area contributed by atoms with E-state index in [2.05, 4.69) is 54.7 Å². The fourth-order valence-electron chi connectivity index (χ4n) is 4.48. The summed E-state index contributed by atoms with van der Waals surface area (Å²) in [6.45, 7) is 15.7. The van der Waals surface area contributed by atoms with E-state index in [1.807, 2.05) is 12.1 Å². The number of likely N-dealkylation sites (N-methyl/N-ethyl adjacent to an activating group) is 1. The molecule has 2 aliphatic heterocycles. The number of nitrogens with zero attached hydrogens (tertiary/aromatic N) is 3. The number of aliphatic hydroxyl groups excluding tert-OH is 1. The van der Waals surface area contributed by atoms with Crippen LogP contribution in [-0.2, 0) is 6.54 Å². The van der Waals surface area contributed by atoms with Crippen LogP contribution in [0.3, 0.4) is 0 Å². The summed E-state index contributed by atoms with van der Waals surface area (Å²) in [6, 6.07) is 8.41. The van der Waals surface area contributed by atoms with Crippen molar-refractivity contribution in [2.45, 2.75) is 46.3 Å². The van der Waals surface area contributed by atoms with Crippen LogP contribution in [0.25, 0.3) is 0 Å². The first-order valence-corrected chi connectivity index (χ1v) is 11.3. The zero-order valence-electron chi connectivity index (χ0n) is 18.9. The predicted molar refractivity (Wildman–Crippen MR) is 119 cm³/mol. The third kappa shape index (κ3) is 7.25. The number of aliphatic hydroxyl groups is 1. The molecule has 1 aromatic rings. The number of benzene rings is 1. The van der Waals surface area contributed by atoms with Crippen LogP contribution in [0.5, 0.6) is 5.75 Å². The minimum Gasteiger partial charge on any atom is -0.491 e. The molecule has 29 heavy (non-hydrogen) atoms. The normalized spacial score (nSPS) is 22.0. The van der Waals surface area contributed by atoms with Crippen molar-refractivity contribution in [1.82, 2.24) is 14.7 Å². The first-order valence-electron chi connectivity index (χ1n) is 11.3. The Morgan fingerprint density at radius 3 is 2.17 bits per heavy atom. The first kappa shape index (κ1) is 22.5. The van der Waals surface area contributed by atoms with Gasteiger partial charge in [0, 0.05) is 39.3 Å². The summed E-state index contributed by atoms with van der Waals surface area (Å²) in [4.78, 5) is 7.21. The van der Waals surface area contributed by atoms with Gasteiger partial charge in [-0.25, -0.2) is 0 Å². The lowest BCUT2D eigenvalue weighted by molar-refractivity contribution is 0.0504. The molecule has 5 heteroatoms. The second-order valence-electron chi connectivity index (χ2n) is 10.1. The highest BCUT2D eigenvalue weighted by Gasteiger charge is 2.28. The topological polar surface area (TPSA) is 39.2 Å². The Balaban J connectivity index is 1.37. The lowest BCUT2D eigenvalue weighted by atomic mass is 9.75. The number of β-amino-alcohol motifs (C(OH)–C–C–N with tert-alkyl or cyclic N) is 1. The van der Waals surface area contributed by atoms with E-state index in [1.54, 1.807) is 0 Å². The van der Waals surface area contributed by atoms with Crippen LogP contribution in [0.15, 0.2) is 24.3 Å². The van der Waals surface area contributed by atoms with Crippen molar-refractivity contribution in [1.29, 1.82) is 0 Å². The van der Waals surface area contributed by atoms with Crippen LogP contribution in [0.4, 0.5) is 0 Å². The van der Waals surface area contributed by atoms with Crippen molar-refractivity contribution in [3.63, 3.8) is 0 Å². The van der Waals surface area contributed by atoms with Gasteiger partial charge in [0.2, 0.25) is 0 Å². The maximum absolute atomic E-state index is 10.3. The fourth-order valence-corrected chi connectivity index (χ4v) is 4.48. The SMILES string of the molecule is CN1CCN(CC(O)COc2ccc(CN3CCC(C(C)(C)C)CC3)cc2)CC1. The molecule has 1 atom stereocenters. The van der Waals surface area contributed by atoms with Crippen LogP contribution >= 0.6 is 0 Å². The summed E-state index contributed by atoms with van der Waals surface area (Å²) in [5.74, 6) is 1.68. The second-order valence-corrected chi connectivity index (χ2v) is 10.1. The van der Waals surface area contributed by atoms with Crippen molar-refractivity contribution in [3.8, 4) is 5.75 Å². The highest BCUT2D eigenvalue weighted by atomic mass is 16.5. The van der Waals surface area contributed by atoms with Gasteiger partial charge in [0.25, 0.3) is 0 Å².